The van der Waals surface area contributed by atoms with Gasteiger partial charge in [-0.3, -0.25) is 0 Å². The normalized spacial score (nSPS) is 11.3. The van der Waals surface area contributed by atoms with Gasteiger partial charge in [-0.2, -0.15) is 0 Å². The molecule has 3 rings (SSSR count). The van der Waals surface area contributed by atoms with E-state index in [1.54, 1.807) is 0 Å². The highest BCUT2D eigenvalue weighted by Crippen LogP contribution is 2.11. The minimum Gasteiger partial charge on any atom is -0.360 e. The SMILES string of the molecule is Cc1cc(CNCc2c(C)nc3ccccn23)on1. The highest BCUT2D eigenvalue weighted by atomic mass is 16.5. The van der Waals surface area contributed by atoms with Crippen LogP contribution in [0.3, 0.4) is 0 Å². The number of nitrogens with zero attached hydrogens (tertiary/aromatic N) is 3. The number of aromatic nitrogens is 3. The van der Waals surface area contributed by atoms with Crippen LogP contribution in [0.2, 0.25) is 0 Å². The van der Waals surface area contributed by atoms with Gasteiger partial charge in [0.25, 0.3) is 0 Å². The second kappa shape index (κ2) is 4.85. The van der Waals surface area contributed by atoms with Crippen LogP contribution >= 0.6 is 0 Å². The fourth-order valence-electron chi connectivity index (χ4n) is 2.18. The summed E-state index contributed by atoms with van der Waals surface area (Å²) in [6.45, 7) is 5.36. The first-order valence-corrected chi connectivity index (χ1v) is 6.29. The summed E-state index contributed by atoms with van der Waals surface area (Å²) in [4.78, 5) is 4.53. The van der Waals surface area contributed by atoms with E-state index in [4.69, 9.17) is 4.52 Å². The van der Waals surface area contributed by atoms with Crippen LogP contribution in [0.1, 0.15) is 22.8 Å². The van der Waals surface area contributed by atoms with Crippen molar-refractivity contribution in [3.63, 3.8) is 0 Å². The van der Waals surface area contributed by atoms with Crippen molar-refractivity contribution in [2.45, 2.75) is 26.9 Å². The van der Waals surface area contributed by atoms with Gasteiger partial charge in [-0.15, -0.1) is 0 Å². The monoisotopic (exact) mass is 256 g/mol. The fourth-order valence-corrected chi connectivity index (χ4v) is 2.18. The molecule has 0 amide bonds. The van der Waals surface area contributed by atoms with E-state index in [1.807, 2.05) is 44.3 Å². The standard InChI is InChI=1S/C14H16N4O/c1-10-7-12(19-17-10)8-15-9-13-11(2)16-14-5-3-4-6-18(13)14/h3-7,15H,8-9H2,1-2H3. The number of hydrogen-bond acceptors (Lipinski definition) is 4. The van der Waals surface area contributed by atoms with Crippen LogP contribution in [-0.4, -0.2) is 14.5 Å². The van der Waals surface area contributed by atoms with E-state index in [2.05, 4.69) is 19.9 Å². The molecule has 0 fully saturated rings. The minimum absolute atomic E-state index is 0.667. The van der Waals surface area contributed by atoms with Crippen molar-refractivity contribution in [2.75, 3.05) is 0 Å². The lowest BCUT2D eigenvalue weighted by Gasteiger charge is -2.04. The zero-order valence-electron chi connectivity index (χ0n) is 11.1. The third-order valence-electron chi connectivity index (χ3n) is 3.10. The minimum atomic E-state index is 0.667. The number of rotatable bonds is 4. The van der Waals surface area contributed by atoms with E-state index in [-0.39, 0.29) is 0 Å². The van der Waals surface area contributed by atoms with Crippen molar-refractivity contribution in [1.29, 1.82) is 0 Å². The van der Waals surface area contributed by atoms with E-state index in [9.17, 15) is 0 Å². The first-order valence-electron chi connectivity index (χ1n) is 6.29. The van der Waals surface area contributed by atoms with Crippen LogP contribution in [0.15, 0.2) is 35.0 Å². The summed E-state index contributed by atoms with van der Waals surface area (Å²) in [5.74, 6) is 0.851. The van der Waals surface area contributed by atoms with Gasteiger partial charge >= 0.3 is 0 Å². The van der Waals surface area contributed by atoms with E-state index in [0.29, 0.717) is 6.54 Å². The summed E-state index contributed by atoms with van der Waals surface area (Å²) in [5.41, 5.74) is 4.11. The molecular weight excluding hydrogens is 240 g/mol. The van der Waals surface area contributed by atoms with E-state index < -0.39 is 0 Å². The number of nitrogens with one attached hydrogen (secondary N) is 1. The summed E-state index contributed by atoms with van der Waals surface area (Å²) in [6.07, 6.45) is 2.03. The molecule has 3 aromatic heterocycles. The number of pyridine rings is 1. The smallest absolute Gasteiger partial charge is 0.150 e. The fraction of sp³-hybridized carbons (Fsp3) is 0.286. The Morgan fingerprint density at radius 1 is 1.26 bits per heavy atom. The second-order valence-electron chi connectivity index (χ2n) is 4.61. The predicted molar refractivity (Wildman–Crippen MR) is 71.7 cm³/mol. The van der Waals surface area contributed by atoms with Crippen molar-refractivity contribution in [1.82, 2.24) is 19.9 Å². The topological polar surface area (TPSA) is 55.4 Å². The molecule has 0 saturated heterocycles. The van der Waals surface area contributed by atoms with Crippen LogP contribution in [0.5, 0.6) is 0 Å². The number of aryl methyl sites for hydroxylation is 2. The molecule has 0 bridgehead atoms. The lowest BCUT2D eigenvalue weighted by molar-refractivity contribution is 0.369. The molecule has 0 aliphatic rings. The quantitative estimate of drug-likeness (QED) is 0.777. The Morgan fingerprint density at radius 2 is 2.16 bits per heavy atom. The molecule has 0 spiro atoms. The molecule has 3 aromatic rings. The van der Waals surface area contributed by atoms with Gasteiger partial charge in [0.2, 0.25) is 0 Å². The molecule has 0 saturated carbocycles. The maximum Gasteiger partial charge on any atom is 0.150 e. The van der Waals surface area contributed by atoms with Crippen molar-refractivity contribution in [3.8, 4) is 0 Å². The molecule has 0 radical (unpaired) electrons. The number of imidazole rings is 1. The zero-order chi connectivity index (χ0) is 13.2. The Balaban J connectivity index is 1.73. The molecule has 1 N–H and O–H groups in total. The molecule has 0 aromatic carbocycles. The van der Waals surface area contributed by atoms with Gasteiger partial charge in [0, 0.05) is 18.8 Å². The van der Waals surface area contributed by atoms with Crippen LogP contribution < -0.4 is 5.32 Å². The van der Waals surface area contributed by atoms with Crippen LogP contribution in [0.25, 0.3) is 5.65 Å². The molecule has 3 heterocycles. The van der Waals surface area contributed by atoms with Crippen LogP contribution in [0, 0.1) is 13.8 Å². The molecule has 0 aliphatic heterocycles. The summed E-state index contributed by atoms with van der Waals surface area (Å²) < 4.78 is 7.27. The average Bonchev–Trinajstić information content (AvgIpc) is 2.94. The zero-order valence-corrected chi connectivity index (χ0v) is 11.1. The summed E-state index contributed by atoms with van der Waals surface area (Å²) in [5, 5.41) is 7.22. The Labute approximate surface area is 111 Å². The van der Waals surface area contributed by atoms with Gasteiger partial charge in [-0.1, -0.05) is 11.2 Å². The van der Waals surface area contributed by atoms with Gasteiger partial charge in [0.1, 0.15) is 5.65 Å². The third kappa shape index (κ3) is 2.37. The Bertz CT molecular complexity index is 698. The summed E-state index contributed by atoms with van der Waals surface area (Å²) in [6, 6.07) is 7.96. The van der Waals surface area contributed by atoms with Gasteiger partial charge in [-0.25, -0.2) is 4.98 Å². The molecule has 5 nitrogen and oxygen atoms in total. The third-order valence-corrected chi connectivity index (χ3v) is 3.10. The first kappa shape index (κ1) is 11.9. The van der Waals surface area contributed by atoms with E-state index in [0.717, 1.165) is 29.3 Å². The van der Waals surface area contributed by atoms with Crippen molar-refractivity contribution in [2.24, 2.45) is 0 Å². The average molecular weight is 256 g/mol. The molecule has 98 valence electrons. The van der Waals surface area contributed by atoms with Crippen molar-refractivity contribution in [3.05, 3.63) is 53.3 Å². The Hall–Kier alpha value is -2.14. The maximum absolute atomic E-state index is 5.17. The van der Waals surface area contributed by atoms with E-state index in [1.165, 1.54) is 5.69 Å². The van der Waals surface area contributed by atoms with Gasteiger partial charge in [0.05, 0.1) is 23.6 Å². The van der Waals surface area contributed by atoms with E-state index >= 15 is 0 Å². The molecule has 5 heteroatoms. The van der Waals surface area contributed by atoms with Crippen molar-refractivity contribution < 1.29 is 4.52 Å². The summed E-state index contributed by atoms with van der Waals surface area (Å²) >= 11 is 0. The summed E-state index contributed by atoms with van der Waals surface area (Å²) in [7, 11) is 0. The van der Waals surface area contributed by atoms with Gasteiger partial charge in [-0.05, 0) is 26.0 Å². The van der Waals surface area contributed by atoms with Crippen LogP contribution in [-0.2, 0) is 13.1 Å². The highest BCUT2D eigenvalue weighted by Gasteiger charge is 2.08. The second-order valence-corrected chi connectivity index (χ2v) is 4.61. The van der Waals surface area contributed by atoms with Crippen molar-refractivity contribution >= 4 is 5.65 Å². The van der Waals surface area contributed by atoms with Gasteiger partial charge in [0.15, 0.2) is 5.76 Å². The number of hydrogen-bond donors (Lipinski definition) is 1. The molecule has 0 atom stereocenters. The van der Waals surface area contributed by atoms with Crippen LogP contribution in [0.4, 0.5) is 0 Å². The molecule has 19 heavy (non-hydrogen) atoms. The van der Waals surface area contributed by atoms with Gasteiger partial charge < -0.3 is 14.2 Å². The molecule has 0 aliphatic carbocycles. The molecule has 0 unspecified atom stereocenters. The largest absolute Gasteiger partial charge is 0.360 e. The highest BCUT2D eigenvalue weighted by molar-refractivity contribution is 5.42. The Kier molecular flexibility index (Phi) is 3.05. The first-order chi connectivity index (χ1) is 9.24. The molecular formula is C14H16N4O. The lowest BCUT2D eigenvalue weighted by atomic mass is 10.3. The Morgan fingerprint density at radius 3 is 2.95 bits per heavy atom. The number of fused-ring (bicyclic) bond motifs is 1. The maximum atomic E-state index is 5.17. The predicted octanol–water partition coefficient (Wildman–Crippen LogP) is 2.23. The lowest BCUT2D eigenvalue weighted by Crippen LogP contribution is -2.14.